The summed E-state index contributed by atoms with van der Waals surface area (Å²) in [5.41, 5.74) is 0.0122. The summed E-state index contributed by atoms with van der Waals surface area (Å²) < 4.78 is 13.6. The highest BCUT2D eigenvalue weighted by molar-refractivity contribution is 7.17. The third-order valence-corrected chi connectivity index (χ3v) is 3.53. The predicted octanol–water partition coefficient (Wildman–Crippen LogP) is 2.46. The van der Waals surface area contributed by atoms with Crippen LogP contribution in [-0.4, -0.2) is 24.1 Å². The molecule has 2 aromatic heterocycles. The SMILES string of the molecule is CCOC(Cn1ccc2sccc2c1=O)OCC. The number of ether oxygens (including phenoxy) is 2. The quantitative estimate of drug-likeness (QED) is 0.755. The van der Waals surface area contributed by atoms with Gasteiger partial charge < -0.3 is 14.0 Å². The highest BCUT2D eigenvalue weighted by Crippen LogP contribution is 2.16. The van der Waals surface area contributed by atoms with Crippen LogP contribution in [-0.2, 0) is 16.0 Å². The van der Waals surface area contributed by atoms with Gasteiger partial charge in [-0.2, -0.15) is 0 Å². The molecule has 2 aromatic rings. The minimum Gasteiger partial charge on any atom is -0.351 e. The minimum atomic E-state index is -0.367. The zero-order valence-corrected chi connectivity index (χ0v) is 11.4. The first-order valence-electron chi connectivity index (χ1n) is 6.06. The molecule has 0 fully saturated rings. The summed E-state index contributed by atoms with van der Waals surface area (Å²) in [7, 11) is 0. The monoisotopic (exact) mass is 267 g/mol. The molecule has 0 spiro atoms. The molecular weight excluding hydrogens is 250 g/mol. The molecule has 0 aliphatic rings. The van der Waals surface area contributed by atoms with Crippen molar-refractivity contribution in [2.75, 3.05) is 13.2 Å². The molecule has 0 aliphatic carbocycles. The zero-order chi connectivity index (χ0) is 13.0. The van der Waals surface area contributed by atoms with E-state index in [1.54, 1.807) is 22.1 Å². The molecule has 0 amide bonds. The van der Waals surface area contributed by atoms with E-state index in [-0.39, 0.29) is 11.8 Å². The van der Waals surface area contributed by atoms with Gasteiger partial charge in [-0.1, -0.05) is 0 Å². The van der Waals surface area contributed by atoms with E-state index >= 15 is 0 Å². The van der Waals surface area contributed by atoms with Crippen LogP contribution in [0, 0.1) is 0 Å². The number of hydrogen-bond donors (Lipinski definition) is 0. The first kappa shape index (κ1) is 13.3. The molecule has 18 heavy (non-hydrogen) atoms. The van der Waals surface area contributed by atoms with E-state index < -0.39 is 0 Å². The number of aromatic nitrogens is 1. The molecule has 0 aliphatic heterocycles. The molecule has 2 rings (SSSR count). The van der Waals surface area contributed by atoms with E-state index in [9.17, 15) is 4.79 Å². The molecule has 0 unspecified atom stereocenters. The third kappa shape index (κ3) is 2.80. The highest BCUT2D eigenvalue weighted by atomic mass is 32.1. The lowest BCUT2D eigenvalue weighted by Gasteiger charge is -2.18. The molecular formula is C13H17NO3S. The average molecular weight is 267 g/mol. The normalized spacial score (nSPS) is 11.5. The molecule has 0 saturated heterocycles. The van der Waals surface area contributed by atoms with Gasteiger partial charge in [-0.25, -0.2) is 0 Å². The Morgan fingerprint density at radius 1 is 1.28 bits per heavy atom. The van der Waals surface area contributed by atoms with Crippen LogP contribution in [0.3, 0.4) is 0 Å². The average Bonchev–Trinajstić information content (AvgIpc) is 2.82. The maximum atomic E-state index is 12.2. The van der Waals surface area contributed by atoms with Crippen LogP contribution >= 0.6 is 11.3 Å². The summed E-state index contributed by atoms with van der Waals surface area (Å²) in [6.07, 6.45) is 1.43. The Morgan fingerprint density at radius 2 is 2.00 bits per heavy atom. The first-order valence-corrected chi connectivity index (χ1v) is 6.94. The van der Waals surface area contributed by atoms with E-state index in [1.807, 2.05) is 31.4 Å². The van der Waals surface area contributed by atoms with Crippen LogP contribution in [0.25, 0.3) is 10.1 Å². The molecule has 0 saturated carbocycles. The number of nitrogens with zero attached hydrogens (tertiary/aromatic N) is 1. The van der Waals surface area contributed by atoms with Crippen molar-refractivity contribution in [2.45, 2.75) is 26.7 Å². The van der Waals surface area contributed by atoms with E-state index in [2.05, 4.69) is 0 Å². The van der Waals surface area contributed by atoms with Gasteiger partial charge in [-0.3, -0.25) is 4.79 Å². The summed E-state index contributed by atoms with van der Waals surface area (Å²) in [5, 5.41) is 2.69. The number of fused-ring (bicyclic) bond motifs is 1. The molecule has 4 nitrogen and oxygen atoms in total. The van der Waals surface area contributed by atoms with Crippen LogP contribution in [0.2, 0.25) is 0 Å². The van der Waals surface area contributed by atoms with Gasteiger partial charge in [0, 0.05) is 24.1 Å². The van der Waals surface area contributed by atoms with Crippen molar-refractivity contribution in [3.8, 4) is 0 Å². The van der Waals surface area contributed by atoms with Crippen molar-refractivity contribution in [1.29, 1.82) is 0 Å². The second kappa shape index (κ2) is 6.13. The summed E-state index contributed by atoms with van der Waals surface area (Å²) in [5.74, 6) is 0. The summed E-state index contributed by atoms with van der Waals surface area (Å²) >= 11 is 1.57. The van der Waals surface area contributed by atoms with Crippen LogP contribution in [0.1, 0.15) is 13.8 Å². The zero-order valence-electron chi connectivity index (χ0n) is 10.6. The molecule has 0 aromatic carbocycles. The van der Waals surface area contributed by atoms with Crippen molar-refractivity contribution in [3.63, 3.8) is 0 Å². The summed E-state index contributed by atoms with van der Waals surface area (Å²) in [6.45, 7) is 5.39. The molecule has 0 bridgehead atoms. The molecule has 5 heteroatoms. The summed E-state index contributed by atoms with van der Waals surface area (Å²) in [6, 6.07) is 3.81. The molecule has 98 valence electrons. The lowest BCUT2D eigenvalue weighted by Crippen LogP contribution is -2.29. The predicted molar refractivity (Wildman–Crippen MR) is 73.1 cm³/mol. The maximum absolute atomic E-state index is 12.2. The van der Waals surface area contributed by atoms with Crippen molar-refractivity contribution in [3.05, 3.63) is 34.1 Å². The van der Waals surface area contributed by atoms with Gasteiger partial charge in [0.25, 0.3) is 5.56 Å². The maximum Gasteiger partial charge on any atom is 0.259 e. The Kier molecular flexibility index (Phi) is 4.52. The fourth-order valence-corrected chi connectivity index (χ4v) is 2.61. The molecule has 2 heterocycles. The van der Waals surface area contributed by atoms with E-state index in [0.29, 0.717) is 19.8 Å². The first-order chi connectivity index (χ1) is 8.76. The fourth-order valence-electron chi connectivity index (χ4n) is 1.84. The van der Waals surface area contributed by atoms with E-state index in [1.165, 1.54) is 0 Å². The Morgan fingerprint density at radius 3 is 2.67 bits per heavy atom. The molecule has 0 atom stereocenters. The van der Waals surface area contributed by atoms with Gasteiger partial charge in [-0.15, -0.1) is 11.3 Å². The topological polar surface area (TPSA) is 40.5 Å². The second-order valence-electron chi connectivity index (χ2n) is 3.81. The third-order valence-electron chi connectivity index (χ3n) is 2.64. The van der Waals surface area contributed by atoms with Crippen molar-refractivity contribution >= 4 is 21.4 Å². The van der Waals surface area contributed by atoms with Crippen LogP contribution < -0.4 is 5.56 Å². The van der Waals surface area contributed by atoms with Crippen LogP contribution in [0.15, 0.2) is 28.5 Å². The van der Waals surface area contributed by atoms with Gasteiger partial charge in [0.15, 0.2) is 6.29 Å². The second-order valence-corrected chi connectivity index (χ2v) is 4.76. The van der Waals surface area contributed by atoms with Crippen LogP contribution in [0.5, 0.6) is 0 Å². The largest absolute Gasteiger partial charge is 0.351 e. The Balaban J connectivity index is 2.24. The standard InChI is InChI=1S/C13H17NO3S/c1-3-16-12(17-4-2)9-14-7-5-11-10(13(14)15)6-8-18-11/h5-8,12H,3-4,9H2,1-2H3. The van der Waals surface area contributed by atoms with E-state index in [0.717, 1.165) is 10.1 Å². The number of hydrogen-bond acceptors (Lipinski definition) is 4. The van der Waals surface area contributed by atoms with Gasteiger partial charge in [-0.05, 0) is 31.4 Å². The highest BCUT2D eigenvalue weighted by Gasteiger charge is 2.11. The van der Waals surface area contributed by atoms with Crippen molar-refractivity contribution in [1.82, 2.24) is 4.57 Å². The van der Waals surface area contributed by atoms with Gasteiger partial charge in [0.1, 0.15) is 0 Å². The summed E-state index contributed by atoms with van der Waals surface area (Å²) in [4.78, 5) is 12.2. The van der Waals surface area contributed by atoms with Gasteiger partial charge in [0.2, 0.25) is 0 Å². The smallest absolute Gasteiger partial charge is 0.259 e. The minimum absolute atomic E-state index is 0.0122. The Bertz CT molecular complexity index is 555. The lowest BCUT2D eigenvalue weighted by molar-refractivity contribution is -0.143. The number of thiophene rings is 1. The molecule has 0 N–H and O–H groups in total. The van der Waals surface area contributed by atoms with Crippen LogP contribution in [0.4, 0.5) is 0 Å². The van der Waals surface area contributed by atoms with Crippen molar-refractivity contribution < 1.29 is 9.47 Å². The number of pyridine rings is 1. The number of rotatable bonds is 6. The van der Waals surface area contributed by atoms with E-state index in [4.69, 9.17) is 9.47 Å². The van der Waals surface area contributed by atoms with Gasteiger partial charge in [0.05, 0.1) is 11.9 Å². The van der Waals surface area contributed by atoms with Crippen molar-refractivity contribution in [2.24, 2.45) is 0 Å². The lowest BCUT2D eigenvalue weighted by atomic mass is 10.3. The van der Waals surface area contributed by atoms with Gasteiger partial charge >= 0.3 is 0 Å². The Hall–Kier alpha value is -1.17. The molecule has 0 radical (unpaired) electrons. The fraction of sp³-hybridized carbons (Fsp3) is 0.462. The Labute approximate surface area is 110 Å².